The van der Waals surface area contributed by atoms with Crippen molar-refractivity contribution in [3.8, 4) is 0 Å². The average molecular weight is 298 g/mol. The van der Waals surface area contributed by atoms with Crippen molar-refractivity contribution >= 4 is 11.9 Å². The summed E-state index contributed by atoms with van der Waals surface area (Å²) in [4.78, 5) is 20.4. The van der Waals surface area contributed by atoms with Gasteiger partial charge in [-0.25, -0.2) is 9.97 Å². The maximum atomic E-state index is 12.0. The zero-order valence-electron chi connectivity index (χ0n) is 13.3. The van der Waals surface area contributed by atoms with Crippen molar-refractivity contribution in [2.24, 2.45) is 0 Å². The summed E-state index contributed by atoms with van der Waals surface area (Å²) in [6, 6.07) is 10.1. The van der Waals surface area contributed by atoms with Gasteiger partial charge in [-0.1, -0.05) is 30.3 Å². The van der Waals surface area contributed by atoms with E-state index in [1.165, 1.54) is 5.56 Å². The number of rotatable bonds is 5. The minimum Gasteiger partial charge on any atom is -0.352 e. The van der Waals surface area contributed by atoms with E-state index in [9.17, 15) is 4.79 Å². The molecule has 5 nitrogen and oxygen atoms in total. The fourth-order valence-corrected chi connectivity index (χ4v) is 1.91. The lowest BCUT2D eigenvalue weighted by molar-refractivity contribution is 0.0953. The molecule has 1 aromatic heterocycles. The molecule has 0 saturated heterocycles. The molecule has 116 valence electrons. The summed E-state index contributed by atoms with van der Waals surface area (Å²) < 4.78 is 0. The molecular formula is C17H22N4O. The molecule has 0 aliphatic rings. The number of benzene rings is 1. The van der Waals surface area contributed by atoms with E-state index in [1.807, 2.05) is 51.1 Å². The summed E-state index contributed by atoms with van der Waals surface area (Å²) in [5.74, 6) is 0.367. The Morgan fingerprint density at radius 2 is 1.73 bits per heavy atom. The van der Waals surface area contributed by atoms with Crippen LogP contribution in [0.15, 0.2) is 42.7 Å². The predicted octanol–water partition coefficient (Wildman–Crippen LogP) is 2.66. The third kappa shape index (κ3) is 5.16. The Labute approximate surface area is 131 Å². The lowest BCUT2D eigenvalue weighted by Gasteiger charge is -2.20. The second kappa shape index (κ2) is 7.02. The maximum absolute atomic E-state index is 12.0. The van der Waals surface area contributed by atoms with Crippen molar-refractivity contribution in [3.05, 3.63) is 53.9 Å². The molecular weight excluding hydrogens is 276 g/mol. The summed E-state index contributed by atoms with van der Waals surface area (Å²) in [7, 11) is 0. The van der Waals surface area contributed by atoms with E-state index in [4.69, 9.17) is 0 Å². The van der Waals surface area contributed by atoms with Crippen molar-refractivity contribution in [2.45, 2.75) is 32.7 Å². The Bertz CT molecular complexity index is 603. The van der Waals surface area contributed by atoms with Gasteiger partial charge in [0, 0.05) is 24.5 Å². The van der Waals surface area contributed by atoms with Gasteiger partial charge in [-0.2, -0.15) is 0 Å². The molecule has 0 atom stereocenters. The van der Waals surface area contributed by atoms with Crippen LogP contribution in [0.5, 0.6) is 0 Å². The predicted molar refractivity (Wildman–Crippen MR) is 87.9 cm³/mol. The highest BCUT2D eigenvalue weighted by Crippen LogP contribution is 2.09. The van der Waals surface area contributed by atoms with Crippen LogP contribution >= 0.6 is 0 Å². The van der Waals surface area contributed by atoms with E-state index < -0.39 is 0 Å². The molecule has 1 aromatic carbocycles. The second-order valence-electron chi connectivity index (χ2n) is 6.16. The maximum Gasteiger partial charge on any atom is 0.254 e. The van der Waals surface area contributed by atoms with E-state index in [1.54, 1.807) is 12.4 Å². The molecule has 0 fully saturated rings. The second-order valence-corrected chi connectivity index (χ2v) is 6.16. The molecule has 0 aliphatic heterocycles. The van der Waals surface area contributed by atoms with Gasteiger partial charge >= 0.3 is 0 Å². The zero-order valence-corrected chi connectivity index (χ0v) is 13.3. The van der Waals surface area contributed by atoms with Gasteiger partial charge in [0.25, 0.3) is 5.91 Å². The van der Waals surface area contributed by atoms with E-state index in [2.05, 4.69) is 20.6 Å². The number of hydrogen-bond donors (Lipinski definition) is 2. The lowest BCUT2D eigenvalue weighted by atomic mass is 10.1. The summed E-state index contributed by atoms with van der Waals surface area (Å²) in [5, 5.41) is 6.03. The van der Waals surface area contributed by atoms with Gasteiger partial charge in [-0.3, -0.25) is 4.79 Å². The number of nitrogens with zero attached hydrogens (tertiary/aromatic N) is 2. The highest BCUT2D eigenvalue weighted by atomic mass is 16.1. The fraction of sp³-hybridized carbons (Fsp3) is 0.353. The molecule has 0 saturated carbocycles. The van der Waals surface area contributed by atoms with Crippen LogP contribution in [-0.4, -0.2) is 28.0 Å². The van der Waals surface area contributed by atoms with E-state index in [0.29, 0.717) is 18.1 Å². The van der Waals surface area contributed by atoms with E-state index in [0.717, 1.165) is 6.42 Å². The Balaban J connectivity index is 1.85. The summed E-state index contributed by atoms with van der Waals surface area (Å²) in [5.41, 5.74) is 1.55. The molecule has 0 spiro atoms. The van der Waals surface area contributed by atoms with Crippen LogP contribution in [0.25, 0.3) is 0 Å². The van der Waals surface area contributed by atoms with E-state index >= 15 is 0 Å². The first kappa shape index (κ1) is 15.9. The summed E-state index contributed by atoms with van der Waals surface area (Å²) in [6.07, 6.45) is 3.88. The summed E-state index contributed by atoms with van der Waals surface area (Å²) >= 11 is 0. The zero-order chi connectivity index (χ0) is 16.0. The highest BCUT2D eigenvalue weighted by molar-refractivity contribution is 5.93. The van der Waals surface area contributed by atoms with Crippen molar-refractivity contribution in [1.29, 1.82) is 0 Å². The number of carbonyl (C=O) groups is 1. The Kier molecular flexibility index (Phi) is 5.09. The van der Waals surface area contributed by atoms with Gasteiger partial charge in [-0.15, -0.1) is 0 Å². The first-order chi connectivity index (χ1) is 10.4. The van der Waals surface area contributed by atoms with Gasteiger partial charge < -0.3 is 10.6 Å². The Morgan fingerprint density at radius 3 is 2.32 bits per heavy atom. The van der Waals surface area contributed by atoms with Gasteiger partial charge in [-0.05, 0) is 32.8 Å². The molecule has 2 aromatic rings. The molecule has 0 unspecified atom stereocenters. The van der Waals surface area contributed by atoms with Crippen LogP contribution in [0.4, 0.5) is 5.95 Å². The number of hydrogen-bond acceptors (Lipinski definition) is 4. The van der Waals surface area contributed by atoms with Crippen LogP contribution in [-0.2, 0) is 6.42 Å². The highest BCUT2D eigenvalue weighted by Gasteiger charge is 2.12. The number of carbonyl (C=O) groups excluding carboxylic acids is 1. The van der Waals surface area contributed by atoms with Gasteiger partial charge in [0.05, 0.1) is 5.56 Å². The molecule has 22 heavy (non-hydrogen) atoms. The third-order valence-corrected chi connectivity index (χ3v) is 2.94. The van der Waals surface area contributed by atoms with Crippen LogP contribution < -0.4 is 10.6 Å². The topological polar surface area (TPSA) is 66.9 Å². The monoisotopic (exact) mass is 298 g/mol. The van der Waals surface area contributed by atoms with Crippen molar-refractivity contribution in [2.75, 3.05) is 11.9 Å². The smallest absolute Gasteiger partial charge is 0.254 e. The standard InChI is InChI=1S/C17H22N4O/c1-17(2,3)21-16-19-11-14(12-20-16)15(22)18-10-9-13-7-5-4-6-8-13/h4-8,11-12H,9-10H2,1-3H3,(H,18,22)(H,19,20,21). The van der Waals surface area contributed by atoms with Crippen molar-refractivity contribution < 1.29 is 4.79 Å². The third-order valence-electron chi connectivity index (χ3n) is 2.94. The Morgan fingerprint density at radius 1 is 1.09 bits per heavy atom. The average Bonchev–Trinajstić information content (AvgIpc) is 2.47. The lowest BCUT2D eigenvalue weighted by Crippen LogP contribution is -2.28. The van der Waals surface area contributed by atoms with Gasteiger partial charge in [0.15, 0.2) is 0 Å². The number of nitrogens with one attached hydrogen (secondary N) is 2. The first-order valence-corrected chi connectivity index (χ1v) is 7.36. The first-order valence-electron chi connectivity index (χ1n) is 7.36. The molecule has 2 rings (SSSR count). The molecule has 1 amide bonds. The van der Waals surface area contributed by atoms with Crippen molar-refractivity contribution in [3.63, 3.8) is 0 Å². The summed E-state index contributed by atoms with van der Waals surface area (Å²) in [6.45, 7) is 6.67. The van der Waals surface area contributed by atoms with Crippen LogP contribution in [0.1, 0.15) is 36.7 Å². The fourth-order valence-electron chi connectivity index (χ4n) is 1.91. The normalized spacial score (nSPS) is 11.0. The van der Waals surface area contributed by atoms with Crippen LogP contribution in [0.2, 0.25) is 0 Å². The molecule has 5 heteroatoms. The van der Waals surface area contributed by atoms with E-state index in [-0.39, 0.29) is 11.4 Å². The number of anilines is 1. The number of aromatic nitrogens is 2. The molecule has 0 aliphatic carbocycles. The van der Waals surface area contributed by atoms with Crippen LogP contribution in [0.3, 0.4) is 0 Å². The molecule has 0 radical (unpaired) electrons. The van der Waals surface area contributed by atoms with Gasteiger partial charge in [0.1, 0.15) is 0 Å². The minimum atomic E-state index is -0.154. The largest absolute Gasteiger partial charge is 0.352 e. The quantitative estimate of drug-likeness (QED) is 0.890. The minimum absolute atomic E-state index is 0.112. The van der Waals surface area contributed by atoms with Crippen molar-refractivity contribution in [1.82, 2.24) is 15.3 Å². The molecule has 1 heterocycles. The van der Waals surface area contributed by atoms with Gasteiger partial charge in [0.2, 0.25) is 5.95 Å². The Hall–Kier alpha value is -2.43. The van der Waals surface area contributed by atoms with Crippen LogP contribution in [0, 0.1) is 0 Å². The molecule has 0 bridgehead atoms. The SMILES string of the molecule is CC(C)(C)Nc1ncc(C(=O)NCCc2ccccc2)cn1. The molecule has 2 N–H and O–H groups in total. The number of amides is 1.